The van der Waals surface area contributed by atoms with Gasteiger partial charge >= 0.3 is 0 Å². The van der Waals surface area contributed by atoms with Gasteiger partial charge in [-0.05, 0) is 43.3 Å². The Morgan fingerprint density at radius 3 is 2.30 bits per heavy atom. The molecule has 10 nitrogen and oxygen atoms in total. The molecular formula is C30H29N5O5. The number of aromatic nitrogens is 2. The second-order valence-corrected chi connectivity index (χ2v) is 9.00. The van der Waals surface area contributed by atoms with E-state index in [1.54, 1.807) is 69.3 Å². The van der Waals surface area contributed by atoms with Gasteiger partial charge in [-0.1, -0.05) is 30.3 Å². The minimum absolute atomic E-state index is 0.324. The molecule has 2 amide bonds. The average molecular weight is 540 g/mol. The van der Waals surface area contributed by atoms with Crippen LogP contribution in [0.2, 0.25) is 0 Å². The van der Waals surface area contributed by atoms with Crippen molar-refractivity contribution in [2.45, 2.75) is 13.0 Å². The zero-order valence-corrected chi connectivity index (χ0v) is 22.5. The number of anilines is 3. The molecule has 0 radical (unpaired) electrons. The van der Waals surface area contributed by atoms with E-state index in [2.05, 4.69) is 21.0 Å². The number of nitrogens with one attached hydrogen (secondary N) is 3. The number of rotatable bonds is 8. The Morgan fingerprint density at radius 1 is 0.850 bits per heavy atom. The Kier molecular flexibility index (Phi) is 7.41. The molecule has 10 heteroatoms. The fourth-order valence-corrected chi connectivity index (χ4v) is 4.70. The van der Waals surface area contributed by atoms with Crippen molar-refractivity contribution in [3.8, 4) is 17.2 Å². The van der Waals surface area contributed by atoms with Crippen LogP contribution in [0.3, 0.4) is 0 Å². The predicted octanol–water partition coefficient (Wildman–Crippen LogP) is 5.09. The van der Waals surface area contributed by atoms with Crippen molar-refractivity contribution in [1.82, 2.24) is 9.78 Å². The maximum absolute atomic E-state index is 13.9. The Labute approximate surface area is 231 Å². The SMILES string of the molecule is COc1ccc([C@@H]2C(C(=O)Nc3ccccc3OC)=C(C)Nc3c(C(=O)Nc4ccccc4)cnn32)c(OC)c1. The molecule has 0 unspecified atom stereocenters. The number of fused-ring (bicyclic) bond motifs is 1. The Hall–Kier alpha value is -5.25. The lowest BCUT2D eigenvalue weighted by Crippen LogP contribution is -2.32. The van der Waals surface area contributed by atoms with Crippen molar-refractivity contribution in [2.24, 2.45) is 0 Å². The van der Waals surface area contributed by atoms with Crippen LogP contribution in [0.5, 0.6) is 17.2 Å². The molecule has 204 valence electrons. The first-order valence-corrected chi connectivity index (χ1v) is 12.5. The second-order valence-electron chi connectivity index (χ2n) is 9.00. The molecule has 0 saturated heterocycles. The third-order valence-electron chi connectivity index (χ3n) is 6.63. The zero-order valence-electron chi connectivity index (χ0n) is 22.5. The number of carbonyl (C=O) groups is 2. The summed E-state index contributed by atoms with van der Waals surface area (Å²) in [5.41, 5.74) is 3.10. The Balaban J connectivity index is 1.60. The van der Waals surface area contributed by atoms with Gasteiger partial charge in [0.05, 0.1) is 38.8 Å². The van der Waals surface area contributed by atoms with E-state index in [0.717, 1.165) is 0 Å². The van der Waals surface area contributed by atoms with Crippen molar-refractivity contribution in [2.75, 3.05) is 37.3 Å². The highest BCUT2D eigenvalue weighted by atomic mass is 16.5. The van der Waals surface area contributed by atoms with Crippen molar-refractivity contribution in [3.63, 3.8) is 0 Å². The van der Waals surface area contributed by atoms with Gasteiger partial charge in [-0.3, -0.25) is 9.59 Å². The van der Waals surface area contributed by atoms with Gasteiger partial charge in [0, 0.05) is 23.0 Å². The molecule has 3 N–H and O–H groups in total. The fourth-order valence-electron chi connectivity index (χ4n) is 4.70. The number of nitrogens with zero attached hydrogens (tertiary/aromatic N) is 2. The van der Waals surface area contributed by atoms with E-state index >= 15 is 0 Å². The molecule has 1 atom stereocenters. The van der Waals surface area contributed by atoms with Crippen LogP contribution in [-0.4, -0.2) is 42.9 Å². The minimum atomic E-state index is -0.731. The average Bonchev–Trinajstić information content (AvgIpc) is 3.40. The summed E-state index contributed by atoms with van der Waals surface area (Å²) in [4.78, 5) is 27.2. The highest BCUT2D eigenvalue weighted by Gasteiger charge is 2.37. The summed E-state index contributed by atoms with van der Waals surface area (Å²) in [5.74, 6) is 1.36. The molecule has 1 aliphatic heterocycles. The maximum Gasteiger partial charge on any atom is 0.261 e. The van der Waals surface area contributed by atoms with Gasteiger partial charge in [-0.15, -0.1) is 0 Å². The molecule has 0 aliphatic carbocycles. The standard InChI is InChI=1S/C30H29N5O5/c1-18-26(30(37)34-23-12-8-9-13-24(23)39-3)27(21-15-14-20(38-2)16-25(21)40-4)35-28(32-18)22(17-31-35)29(36)33-19-10-6-5-7-11-19/h5-17,27,32H,1-4H3,(H,33,36)(H,34,37)/t27-/m1/s1. The van der Waals surface area contributed by atoms with Gasteiger partial charge < -0.3 is 30.2 Å². The third-order valence-corrected chi connectivity index (χ3v) is 6.63. The Bertz CT molecular complexity index is 1600. The van der Waals surface area contributed by atoms with Crippen LogP contribution in [0.15, 0.2) is 90.3 Å². The first kappa shape index (κ1) is 26.4. The van der Waals surface area contributed by atoms with Gasteiger partial charge in [0.15, 0.2) is 0 Å². The van der Waals surface area contributed by atoms with Crippen LogP contribution >= 0.6 is 0 Å². The summed E-state index contributed by atoms with van der Waals surface area (Å²) in [6.07, 6.45) is 1.48. The minimum Gasteiger partial charge on any atom is -0.497 e. The van der Waals surface area contributed by atoms with Gasteiger partial charge in [0.1, 0.15) is 34.7 Å². The molecule has 0 bridgehead atoms. The predicted molar refractivity (Wildman–Crippen MR) is 152 cm³/mol. The van der Waals surface area contributed by atoms with Gasteiger partial charge in [0.25, 0.3) is 11.8 Å². The molecule has 2 heterocycles. The topological polar surface area (TPSA) is 116 Å². The number of allylic oxidation sites excluding steroid dienone is 1. The molecule has 3 aromatic carbocycles. The molecule has 0 spiro atoms. The van der Waals surface area contributed by atoms with Crippen LogP contribution in [0.4, 0.5) is 17.2 Å². The lowest BCUT2D eigenvalue weighted by Gasteiger charge is -2.31. The quantitative estimate of drug-likeness (QED) is 0.286. The van der Waals surface area contributed by atoms with E-state index in [4.69, 9.17) is 14.2 Å². The summed E-state index contributed by atoms with van der Waals surface area (Å²) in [7, 11) is 4.66. The van der Waals surface area contributed by atoms with Gasteiger partial charge in [0.2, 0.25) is 0 Å². The largest absolute Gasteiger partial charge is 0.497 e. The third kappa shape index (κ3) is 4.94. The smallest absolute Gasteiger partial charge is 0.261 e. The zero-order chi connectivity index (χ0) is 28.2. The lowest BCUT2D eigenvalue weighted by atomic mass is 9.93. The van der Waals surface area contributed by atoms with Gasteiger partial charge in [-0.25, -0.2) is 4.68 Å². The molecule has 4 aromatic rings. The monoisotopic (exact) mass is 539 g/mol. The molecule has 0 saturated carbocycles. The van der Waals surface area contributed by atoms with E-state index in [-0.39, 0.29) is 11.8 Å². The number of carbonyl (C=O) groups excluding carboxylic acids is 2. The number of para-hydroxylation sites is 3. The summed E-state index contributed by atoms with van der Waals surface area (Å²) in [6, 6.07) is 21.0. The first-order valence-electron chi connectivity index (χ1n) is 12.5. The summed E-state index contributed by atoms with van der Waals surface area (Å²) in [5, 5.41) is 13.7. The van der Waals surface area contributed by atoms with Crippen LogP contribution in [-0.2, 0) is 4.79 Å². The normalized spacial score (nSPS) is 14.1. The fraction of sp³-hybridized carbons (Fsp3) is 0.167. The van der Waals surface area contributed by atoms with E-state index in [1.165, 1.54) is 6.20 Å². The van der Waals surface area contributed by atoms with E-state index in [9.17, 15) is 9.59 Å². The van der Waals surface area contributed by atoms with E-state index < -0.39 is 6.04 Å². The second kappa shape index (κ2) is 11.2. The van der Waals surface area contributed by atoms with Gasteiger partial charge in [-0.2, -0.15) is 5.10 Å². The van der Waals surface area contributed by atoms with Crippen LogP contribution < -0.4 is 30.2 Å². The molecule has 1 aromatic heterocycles. The summed E-state index contributed by atoms with van der Waals surface area (Å²) < 4.78 is 18.1. The summed E-state index contributed by atoms with van der Waals surface area (Å²) in [6.45, 7) is 1.79. The van der Waals surface area contributed by atoms with Crippen molar-refractivity contribution >= 4 is 29.0 Å². The molecular weight excluding hydrogens is 510 g/mol. The number of benzene rings is 3. The highest BCUT2D eigenvalue weighted by Crippen LogP contribution is 2.42. The van der Waals surface area contributed by atoms with E-state index in [0.29, 0.717) is 56.8 Å². The number of methoxy groups -OCH3 is 3. The number of hydrogen-bond acceptors (Lipinski definition) is 7. The van der Waals surface area contributed by atoms with Crippen LogP contribution in [0, 0.1) is 0 Å². The Morgan fingerprint density at radius 2 is 1.57 bits per heavy atom. The number of ether oxygens (including phenoxy) is 3. The molecule has 5 rings (SSSR count). The van der Waals surface area contributed by atoms with Crippen molar-refractivity contribution < 1.29 is 23.8 Å². The molecule has 40 heavy (non-hydrogen) atoms. The number of amides is 2. The van der Waals surface area contributed by atoms with Crippen molar-refractivity contribution in [1.29, 1.82) is 0 Å². The summed E-state index contributed by atoms with van der Waals surface area (Å²) >= 11 is 0. The molecule has 0 fully saturated rings. The number of hydrogen-bond donors (Lipinski definition) is 3. The molecule has 1 aliphatic rings. The van der Waals surface area contributed by atoms with E-state index in [1.807, 2.05) is 36.4 Å². The van der Waals surface area contributed by atoms with Crippen LogP contribution in [0.1, 0.15) is 28.9 Å². The van der Waals surface area contributed by atoms with Crippen LogP contribution in [0.25, 0.3) is 0 Å². The maximum atomic E-state index is 13.9. The highest BCUT2D eigenvalue weighted by molar-refractivity contribution is 6.10. The van der Waals surface area contributed by atoms with Crippen molar-refractivity contribution in [3.05, 3.63) is 101 Å². The lowest BCUT2D eigenvalue weighted by molar-refractivity contribution is -0.113. The first-order chi connectivity index (χ1) is 19.4.